The fraction of sp³-hybridized carbons (Fsp3) is 0.250. The van der Waals surface area contributed by atoms with Crippen molar-refractivity contribution in [1.29, 1.82) is 5.26 Å². The second-order valence-corrected chi connectivity index (χ2v) is 6.89. The summed E-state index contributed by atoms with van der Waals surface area (Å²) in [5.41, 5.74) is 2.59. The van der Waals surface area contributed by atoms with Gasteiger partial charge in [-0.2, -0.15) is 5.26 Å². The first kappa shape index (κ1) is 18.8. The lowest BCUT2D eigenvalue weighted by Crippen LogP contribution is -2.44. The molecule has 1 aliphatic rings. The van der Waals surface area contributed by atoms with Gasteiger partial charge in [0.15, 0.2) is 5.78 Å². The SMILES string of the molecule is C=CC[C@H]1C=C(C(=O)c2ccccc2)[C@H](CC#N)N(Cc2ccccc2)C1. The number of ketones is 1. The van der Waals surface area contributed by atoms with E-state index >= 15 is 0 Å². The third-order valence-corrected chi connectivity index (χ3v) is 4.96. The predicted molar refractivity (Wildman–Crippen MR) is 108 cm³/mol. The Bertz CT molecular complexity index is 849. The first-order valence-corrected chi connectivity index (χ1v) is 9.30. The number of Topliss-reactive ketones (excluding diaryl/α,β-unsaturated/α-hetero) is 1. The molecule has 1 aliphatic heterocycles. The smallest absolute Gasteiger partial charge is 0.190 e. The van der Waals surface area contributed by atoms with Crippen molar-refractivity contribution in [3.05, 3.63) is 96.1 Å². The molecule has 0 amide bonds. The highest BCUT2D eigenvalue weighted by atomic mass is 16.1. The van der Waals surface area contributed by atoms with Crippen molar-refractivity contribution in [2.75, 3.05) is 6.54 Å². The third-order valence-electron chi connectivity index (χ3n) is 4.96. The molecular weight excluding hydrogens is 332 g/mol. The van der Waals surface area contributed by atoms with Gasteiger partial charge in [-0.05, 0) is 17.9 Å². The highest BCUT2D eigenvalue weighted by Gasteiger charge is 2.33. The molecule has 3 nitrogen and oxygen atoms in total. The van der Waals surface area contributed by atoms with Crippen LogP contribution in [0.25, 0.3) is 0 Å². The molecule has 0 bridgehead atoms. The van der Waals surface area contributed by atoms with Gasteiger partial charge in [0, 0.05) is 24.2 Å². The number of rotatable bonds is 7. The van der Waals surface area contributed by atoms with Crippen molar-refractivity contribution >= 4 is 5.78 Å². The molecule has 0 unspecified atom stereocenters. The van der Waals surface area contributed by atoms with Crippen LogP contribution in [0.1, 0.15) is 28.8 Å². The summed E-state index contributed by atoms with van der Waals surface area (Å²) < 4.78 is 0. The molecule has 2 atom stereocenters. The van der Waals surface area contributed by atoms with Gasteiger partial charge in [0.1, 0.15) is 0 Å². The lowest BCUT2D eigenvalue weighted by atomic mass is 9.85. The Morgan fingerprint density at radius 1 is 1.15 bits per heavy atom. The summed E-state index contributed by atoms with van der Waals surface area (Å²) in [5.74, 6) is 0.242. The molecule has 0 aliphatic carbocycles. The number of nitriles is 1. The van der Waals surface area contributed by atoms with Crippen molar-refractivity contribution in [1.82, 2.24) is 4.90 Å². The first-order chi connectivity index (χ1) is 13.2. The van der Waals surface area contributed by atoms with Gasteiger partial charge in [-0.1, -0.05) is 72.8 Å². The molecule has 2 aromatic rings. The van der Waals surface area contributed by atoms with Crippen LogP contribution in [0.3, 0.4) is 0 Å². The zero-order valence-electron chi connectivity index (χ0n) is 15.4. The number of allylic oxidation sites excluding steroid dienone is 1. The minimum Gasteiger partial charge on any atom is -0.290 e. The second-order valence-electron chi connectivity index (χ2n) is 6.89. The van der Waals surface area contributed by atoms with Gasteiger partial charge < -0.3 is 0 Å². The molecule has 3 rings (SSSR count). The van der Waals surface area contributed by atoms with Crippen LogP contribution >= 0.6 is 0 Å². The highest BCUT2D eigenvalue weighted by molar-refractivity contribution is 6.09. The fourth-order valence-electron chi connectivity index (χ4n) is 3.70. The van der Waals surface area contributed by atoms with Crippen molar-refractivity contribution in [2.24, 2.45) is 5.92 Å². The van der Waals surface area contributed by atoms with Gasteiger partial charge in [-0.3, -0.25) is 9.69 Å². The summed E-state index contributed by atoms with van der Waals surface area (Å²) >= 11 is 0. The molecule has 3 heteroatoms. The van der Waals surface area contributed by atoms with E-state index in [0.29, 0.717) is 12.0 Å². The Labute approximate surface area is 161 Å². The quantitative estimate of drug-likeness (QED) is 0.529. The number of carbonyl (C=O) groups excluding carboxylic acids is 1. The van der Waals surface area contributed by atoms with Crippen LogP contribution in [0.15, 0.2) is 85.0 Å². The molecule has 136 valence electrons. The lowest BCUT2D eigenvalue weighted by molar-refractivity contribution is 0.0976. The van der Waals surface area contributed by atoms with Crippen molar-refractivity contribution in [2.45, 2.75) is 25.4 Å². The van der Waals surface area contributed by atoms with E-state index in [1.165, 1.54) is 5.56 Å². The minimum absolute atomic E-state index is 0.0164. The summed E-state index contributed by atoms with van der Waals surface area (Å²) in [7, 11) is 0. The van der Waals surface area contributed by atoms with Gasteiger partial charge >= 0.3 is 0 Å². The van der Waals surface area contributed by atoms with Crippen LogP contribution in [-0.4, -0.2) is 23.3 Å². The van der Waals surface area contributed by atoms with Gasteiger partial charge in [-0.15, -0.1) is 6.58 Å². The number of hydrogen-bond donors (Lipinski definition) is 0. The molecule has 27 heavy (non-hydrogen) atoms. The Morgan fingerprint density at radius 2 is 1.81 bits per heavy atom. The number of nitrogens with zero attached hydrogens (tertiary/aromatic N) is 2. The molecule has 2 aromatic carbocycles. The maximum atomic E-state index is 13.2. The maximum absolute atomic E-state index is 13.2. The van der Waals surface area contributed by atoms with E-state index in [4.69, 9.17) is 0 Å². The van der Waals surface area contributed by atoms with Crippen molar-refractivity contribution in [3.63, 3.8) is 0 Å². The zero-order chi connectivity index (χ0) is 19.1. The van der Waals surface area contributed by atoms with E-state index in [1.807, 2.05) is 54.6 Å². The molecule has 0 radical (unpaired) electrons. The second kappa shape index (κ2) is 9.12. The summed E-state index contributed by atoms with van der Waals surface area (Å²) in [5, 5.41) is 9.41. The molecule has 0 N–H and O–H groups in total. The standard InChI is InChI=1S/C24H24N2O/c1-2-9-20-16-22(24(27)21-12-7-4-8-13-21)23(14-15-25)26(18-20)17-19-10-5-3-6-11-19/h2-8,10-13,16,20,23H,1,9,14,17-18H2/t20-,23-/m0/s1. The minimum atomic E-state index is -0.191. The lowest BCUT2D eigenvalue weighted by Gasteiger charge is -2.38. The van der Waals surface area contributed by atoms with E-state index in [9.17, 15) is 10.1 Å². The van der Waals surface area contributed by atoms with Gasteiger partial charge in [0.25, 0.3) is 0 Å². The fourth-order valence-corrected chi connectivity index (χ4v) is 3.70. The van der Waals surface area contributed by atoms with Crippen LogP contribution in [0.4, 0.5) is 0 Å². The first-order valence-electron chi connectivity index (χ1n) is 9.30. The number of carbonyl (C=O) groups is 1. The third kappa shape index (κ3) is 4.61. The number of benzene rings is 2. The predicted octanol–water partition coefficient (Wildman–Crippen LogP) is 4.79. The van der Waals surface area contributed by atoms with E-state index in [-0.39, 0.29) is 17.7 Å². The van der Waals surface area contributed by atoms with E-state index < -0.39 is 0 Å². The van der Waals surface area contributed by atoms with Gasteiger partial charge in [0.2, 0.25) is 0 Å². The van der Waals surface area contributed by atoms with E-state index in [1.54, 1.807) is 0 Å². The summed E-state index contributed by atoms with van der Waals surface area (Å²) in [6, 6.07) is 21.6. The molecule has 0 fully saturated rings. The molecular formula is C24H24N2O. The molecule has 0 aromatic heterocycles. The van der Waals surface area contributed by atoms with Crippen molar-refractivity contribution < 1.29 is 4.79 Å². The summed E-state index contributed by atoms with van der Waals surface area (Å²) in [4.78, 5) is 15.5. The van der Waals surface area contributed by atoms with Crippen LogP contribution in [0.2, 0.25) is 0 Å². The van der Waals surface area contributed by atoms with Crippen LogP contribution in [0, 0.1) is 17.2 Å². The maximum Gasteiger partial charge on any atom is 0.190 e. The molecule has 0 saturated heterocycles. The van der Waals surface area contributed by atoms with Gasteiger partial charge in [-0.25, -0.2) is 0 Å². The average molecular weight is 356 g/mol. The largest absolute Gasteiger partial charge is 0.290 e. The van der Waals surface area contributed by atoms with Crippen LogP contribution in [-0.2, 0) is 6.54 Å². The monoisotopic (exact) mass is 356 g/mol. The Morgan fingerprint density at radius 3 is 2.44 bits per heavy atom. The molecule has 0 spiro atoms. The summed E-state index contributed by atoms with van der Waals surface area (Å²) in [6.45, 7) is 5.40. The number of hydrogen-bond acceptors (Lipinski definition) is 3. The molecule has 0 saturated carbocycles. The Hall–Kier alpha value is -2.96. The van der Waals surface area contributed by atoms with E-state index in [2.05, 4.69) is 35.8 Å². The highest BCUT2D eigenvalue weighted by Crippen LogP contribution is 2.29. The average Bonchev–Trinajstić information content (AvgIpc) is 2.71. The van der Waals surface area contributed by atoms with Crippen LogP contribution in [0.5, 0.6) is 0 Å². The normalized spacial score (nSPS) is 19.7. The van der Waals surface area contributed by atoms with Crippen LogP contribution < -0.4 is 0 Å². The summed E-state index contributed by atoms with van der Waals surface area (Å²) in [6.07, 6.45) is 5.09. The van der Waals surface area contributed by atoms with Gasteiger partial charge in [0.05, 0.1) is 18.5 Å². The molecule has 1 heterocycles. The van der Waals surface area contributed by atoms with Crippen molar-refractivity contribution in [3.8, 4) is 6.07 Å². The zero-order valence-corrected chi connectivity index (χ0v) is 15.4. The Kier molecular flexibility index (Phi) is 6.35. The Balaban J connectivity index is 1.95. The topological polar surface area (TPSA) is 44.1 Å². The van der Waals surface area contributed by atoms with E-state index in [0.717, 1.165) is 25.1 Å².